The minimum absolute atomic E-state index is 0.163. The fourth-order valence-electron chi connectivity index (χ4n) is 2.54. The lowest BCUT2D eigenvalue weighted by atomic mass is 10.1. The molecule has 3 N–H and O–H groups in total. The van der Waals surface area contributed by atoms with Crippen molar-refractivity contribution < 1.29 is 23.1 Å². The molecule has 2 rings (SSSR count). The first-order valence-electron chi connectivity index (χ1n) is 8.96. The largest absolute Gasteiger partial charge is 0.480 e. The molecule has 0 aliphatic carbocycles. The number of aryl methyl sites for hydroxylation is 1. The summed E-state index contributed by atoms with van der Waals surface area (Å²) in [5.74, 6) is -3.37. The third-order valence-corrected chi connectivity index (χ3v) is 4.14. The van der Waals surface area contributed by atoms with Gasteiger partial charge in [-0.3, -0.25) is 14.6 Å². The maximum absolute atomic E-state index is 14.0. The molecule has 1 amide bonds. The van der Waals surface area contributed by atoms with Gasteiger partial charge in [-0.1, -0.05) is 12.1 Å². The number of hydrogen-bond donors (Lipinski definition) is 2. The topological polar surface area (TPSA) is 94.3 Å². The number of pyridine rings is 1. The maximum Gasteiger partial charge on any atom is 0.270 e. The van der Waals surface area contributed by atoms with E-state index in [1.54, 1.807) is 12.1 Å². The number of nitrogens with one attached hydrogen (secondary N) is 1. The van der Waals surface area contributed by atoms with Crippen LogP contribution in [-0.4, -0.2) is 35.9 Å². The molecule has 6 nitrogen and oxygen atoms in total. The predicted molar refractivity (Wildman–Crippen MR) is 100.0 cm³/mol. The summed E-state index contributed by atoms with van der Waals surface area (Å²) in [7, 11) is 0. The third kappa shape index (κ3) is 5.82. The van der Waals surface area contributed by atoms with Crippen LogP contribution in [0.4, 0.5) is 8.78 Å². The number of rotatable bonds is 10. The lowest BCUT2D eigenvalue weighted by molar-refractivity contribution is -0.123. The van der Waals surface area contributed by atoms with Crippen molar-refractivity contribution in [3.63, 3.8) is 0 Å². The first kappa shape index (κ1) is 21.4. The second-order valence-corrected chi connectivity index (χ2v) is 6.29. The van der Waals surface area contributed by atoms with E-state index in [4.69, 9.17) is 10.5 Å². The SMILES string of the molecule is Cc1ccc(F)c(OCC(=O)[C@H](CCCCN)NC(=O)c2ccccn2)c1F. The summed E-state index contributed by atoms with van der Waals surface area (Å²) in [5.41, 5.74) is 5.84. The van der Waals surface area contributed by atoms with Crippen molar-refractivity contribution >= 4 is 11.7 Å². The summed E-state index contributed by atoms with van der Waals surface area (Å²) in [6.45, 7) is 1.34. The van der Waals surface area contributed by atoms with Crippen LogP contribution in [0.5, 0.6) is 5.75 Å². The van der Waals surface area contributed by atoms with Crippen molar-refractivity contribution in [3.05, 3.63) is 59.4 Å². The summed E-state index contributed by atoms with van der Waals surface area (Å²) in [6.07, 6.45) is 3.07. The summed E-state index contributed by atoms with van der Waals surface area (Å²) >= 11 is 0. The van der Waals surface area contributed by atoms with Gasteiger partial charge in [-0.05, 0) is 56.5 Å². The van der Waals surface area contributed by atoms with E-state index in [1.165, 1.54) is 25.3 Å². The van der Waals surface area contributed by atoms with Crippen LogP contribution in [0.3, 0.4) is 0 Å². The lowest BCUT2D eigenvalue weighted by Crippen LogP contribution is -2.43. The molecule has 1 aromatic heterocycles. The van der Waals surface area contributed by atoms with Gasteiger partial charge in [0.05, 0.1) is 6.04 Å². The Labute approximate surface area is 162 Å². The number of ketones is 1. The Kier molecular flexibility index (Phi) is 8.01. The van der Waals surface area contributed by atoms with Gasteiger partial charge in [0.25, 0.3) is 5.91 Å². The number of nitrogens with two attached hydrogens (primary N) is 1. The standard InChI is InChI=1S/C20H23F2N3O3/c1-13-8-9-14(21)19(18(13)22)28-12-17(26)15(6-2-4-10-23)25-20(27)16-7-3-5-11-24-16/h3,5,7-9,11,15H,2,4,6,10,12,23H2,1H3,(H,25,27)/t15-/m0/s1. The zero-order valence-corrected chi connectivity index (χ0v) is 15.6. The van der Waals surface area contributed by atoms with Crippen LogP contribution in [-0.2, 0) is 4.79 Å². The van der Waals surface area contributed by atoms with Gasteiger partial charge < -0.3 is 15.8 Å². The highest BCUT2D eigenvalue weighted by molar-refractivity contribution is 5.96. The van der Waals surface area contributed by atoms with E-state index in [0.717, 1.165) is 6.07 Å². The minimum Gasteiger partial charge on any atom is -0.480 e. The normalized spacial score (nSPS) is 11.7. The number of amides is 1. The summed E-state index contributed by atoms with van der Waals surface area (Å²) in [5, 5.41) is 2.61. The van der Waals surface area contributed by atoms with Gasteiger partial charge in [0.15, 0.2) is 23.2 Å². The van der Waals surface area contributed by atoms with Crippen molar-refractivity contribution in [2.24, 2.45) is 5.73 Å². The van der Waals surface area contributed by atoms with Gasteiger partial charge in [-0.2, -0.15) is 0 Å². The Balaban J connectivity index is 2.06. The van der Waals surface area contributed by atoms with Gasteiger partial charge in [0.2, 0.25) is 0 Å². The average molecular weight is 391 g/mol. The number of aromatic nitrogens is 1. The molecule has 0 aliphatic rings. The quantitative estimate of drug-likeness (QED) is 0.607. The van der Waals surface area contributed by atoms with E-state index in [0.29, 0.717) is 25.8 Å². The van der Waals surface area contributed by atoms with Crippen molar-refractivity contribution in [3.8, 4) is 5.75 Å². The molecular formula is C20H23F2N3O3. The number of ether oxygens (including phenoxy) is 1. The van der Waals surface area contributed by atoms with Crippen molar-refractivity contribution in [1.82, 2.24) is 10.3 Å². The second-order valence-electron chi connectivity index (χ2n) is 6.29. The number of unbranched alkanes of at least 4 members (excludes halogenated alkanes) is 1. The summed E-state index contributed by atoms with van der Waals surface area (Å²) < 4.78 is 32.9. The molecule has 0 aliphatic heterocycles. The number of hydrogen-bond acceptors (Lipinski definition) is 5. The molecule has 0 fully saturated rings. The molecule has 0 radical (unpaired) electrons. The monoisotopic (exact) mass is 391 g/mol. The molecule has 8 heteroatoms. The van der Waals surface area contributed by atoms with Gasteiger partial charge in [-0.15, -0.1) is 0 Å². The minimum atomic E-state index is -0.895. The molecule has 1 aromatic carbocycles. The number of halogens is 2. The fourth-order valence-corrected chi connectivity index (χ4v) is 2.54. The van der Waals surface area contributed by atoms with E-state index in [2.05, 4.69) is 10.3 Å². The van der Waals surface area contributed by atoms with Gasteiger partial charge in [-0.25, -0.2) is 8.78 Å². The number of Topliss-reactive ketones (excluding diaryl/α,β-unsaturated/α-hetero) is 1. The number of carbonyl (C=O) groups is 2. The highest BCUT2D eigenvalue weighted by atomic mass is 19.1. The Morgan fingerprint density at radius 1 is 1.21 bits per heavy atom. The van der Waals surface area contributed by atoms with E-state index < -0.39 is 41.7 Å². The van der Waals surface area contributed by atoms with E-state index >= 15 is 0 Å². The Morgan fingerprint density at radius 2 is 2.00 bits per heavy atom. The van der Waals surface area contributed by atoms with Crippen LogP contribution in [0.25, 0.3) is 0 Å². The molecule has 0 spiro atoms. The maximum atomic E-state index is 14.0. The first-order chi connectivity index (χ1) is 13.4. The smallest absolute Gasteiger partial charge is 0.270 e. The molecule has 1 atom stereocenters. The Hall–Kier alpha value is -2.87. The van der Waals surface area contributed by atoms with Crippen LogP contribution in [0.1, 0.15) is 35.3 Å². The fraction of sp³-hybridized carbons (Fsp3) is 0.350. The van der Waals surface area contributed by atoms with Crippen LogP contribution < -0.4 is 15.8 Å². The third-order valence-electron chi connectivity index (χ3n) is 4.14. The average Bonchev–Trinajstić information content (AvgIpc) is 2.70. The molecular weight excluding hydrogens is 368 g/mol. The summed E-state index contributed by atoms with van der Waals surface area (Å²) in [4.78, 5) is 28.8. The van der Waals surface area contributed by atoms with Crippen LogP contribution in [0.15, 0.2) is 36.5 Å². The van der Waals surface area contributed by atoms with Crippen LogP contribution >= 0.6 is 0 Å². The number of nitrogens with zero attached hydrogens (tertiary/aromatic N) is 1. The highest BCUT2D eigenvalue weighted by Gasteiger charge is 2.23. The Morgan fingerprint density at radius 3 is 2.68 bits per heavy atom. The molecule has 28 heavy (non-hydrogen) atoms. The van der Waals surface area contributed by atoms with Crippen molar-refractivity contribution in [2.75, 3.05) is 13.2 Å². The van der Waals surface area contributed by atoms with Crippen molar-refractivity contribution in [2.45, 2.75) is 32.2 Å². The van der Waals surface area contributed by atoms with E-state index in [1.807, 2.05) is 0 Å². The molecule has 0 saturated heterocycles. The zero-order chi connectivity index (χ0) is 20.5. The molecule has 0 bridgehead atoms. The Bertz CT molecular complexity index is 816. The molecule has 1 heterocycles. The van der Waals surface area contributed by atoms with Crippen LogP contribution in [0.2, 0.25) is 0 Å². The second kappa shape index (κ2) is 10.5. The molecule has 2 aromatic rings. The number of carbonyl (C=O) groups excluding carboxylic acids is 2. The lowest BCUT2D eigenvalue weighted by Gasteiger charge is -2.18. The number of benzene rings is 1. The van der Waals surface area contributed by atoms with E-state index in [-0.39, 0.29) is 11.3 Å². The summed E-state index contributed by atoms with van der Waals surface area (Å²) in [6, 6.07) is 6.31. The molecule has 150 valence electrons. The van der Waals surface area contributed by atoms with Crippen molar-refractivity contribution in [1.29, 1.82) is 0 Å². The molecule has 0 saturated carbocycles. The van der Waals surface area contributed by atoms with Crippen LogP contribution in [0, 0.1) is 18.6 Å². The van der Waals surface area contributed by atoms with E-state index in [9.17, 15) is 18.4 Å². The van der Waals surface area contributed by atoms with Gasteiger partial charge in [0.1, 0.15) is 12.3 Å². The van der Waals surface area contributed by atoms with Gasteiger partial charge in [0, 0.05) is 6.20 Å². The highest BCUT2D eigenvalue weighted by Crippen LogP contribution is 2.24. The van der Waals surface area contributed by atoms with Gasteiger partial charge >= 0.3 is 0 Å². The zero-order valence-electron chi connectivity index (χ0n) is 15.6. The molecule has 0 unspecified atom stereocenters. The first-order valence-corrected chi connectivity index (χ1v) is 8.96. The predicted octanol–water partition coefficient (Wildman–Crippen LogP) is 2.54.